The standard InChI is InChI=1S/C16H32N2O/c1-4-14(2)15-12-18(10-11-19-3)16(13-17-15)8-6-5-7-9-16/h14-15,17H,4-13H2,1-3H3. The second-order valence-corrected chi connectivity index (χ2v) is 6.60. The van der Waals surface area contributed by atoms with Crippen LogP contribution in [0.15, 0.2) is 0 Å². The van der Waals surface area contributed by atoms with Gasteiger partial charge in [-0.25, -0.2) is 0 Å². The lowest BCUT2D eigenvalue weighted by Gasteiger charge is -2.53. The lowest BCUT2D eigenvalue weighted by Crippen LogP contribution is -2.66. The van der Waals surface area contributed by atoms with E-state index >= 15 is 0 Å². The van der Waals surface area contributed by atoms with Gasteiger partial charge in [-0.05, 0) is 18.8 Å². The topological polar surface area (TPSA) is 24.5 Å². The van der Waals surface area contributed by atoms with Crippen LogP contribution in [0.1, 0.15) is 52.4 Å². The van der Waals surface area contributed by atoms with E-state index in [2.05, 4.69) is 24.1 Å². The molecule has 1 heterocycles. The maximum Gasteiger partial charge on any atom is 0.0589 e. The van der Waals surface area contributed by atoms with Crippen LogP contribution in [0, 0.1) is 5.92 Å². The first-order valence-corrected chi connectivity index (χ1v) is 8.19. The molecule has 2 fully saturated rings. The van der Waals surface area contributed by atoms with E-state index in [0.29, 0.717) is 11.6 Å². The van der Waals surface area contributed by atoms with Gasteiger partial charge in [0.25, 0.3) is 0 Å². The average molecular weight is 268 g/mol. The van der Waals surface area contributed by atoms with Gasteiger partial charge in [-0.2, -0.15) is 0 Å². The summed E-state index contributed by atoms with van der Waals surface area (Å²) in [5.41, 5.74) is 0.431. The van der Waals surface area contributed by atoms with Gasteiger partial charge in [0.1, 0.15) is 0 Å². The molecular weight excluding hydrogens is 236 g/mol. The average Bonchev–Trinajstić information content (AvgIpc) is 2.46. The Bertz CT molecular complexity index is 263. The highest BCUT2D eigenvalue weighted by molar-refractivity contribution is 5.01. The van der Waals surface area contributed by atoms with Gasteiger partial charge in [-0.3, -0.25) is 4.90 Å². The van der Waals surface area contributed by atoms with Crippen LogP contribution >= 0.6 is 0 Å². The number of nitrogens with zero attached hydrogens (tertiary/aromatic N) is 1. The Morgan fingerprint density at radius 3 is 2.68 bits per heavy atom. The van der Waals surface area contributed by atoms with Gasteiger partial charge in [0.15, 0.2) is 0 Å². The van der Waals surface area contributed by atoms with Crippen LogP contribution in [-0.2, 0) is 4.74 Å². The van der Waals surface area contributed by atoms with Gasteiger partial charge >= 0.3 is 0 Å². The van der Waals surface area contributed by atoms with Gasteiger partial charge in [0, 0.05) is 38.3 Å². The molecule has 3 heteroatoms. The molecule has 0 aromatic carbocycles. The second-order valence-electron chi connectivity index (χ2n) is 6.60. The van der Waals surface area contributed by atoms with Crippen molar-refractivity contribution in [3.63, 3.8) is 0 Å². The highest BCUT2D eigenvalue weighted by Gasteiger charge is 2.42. The summed E-state index contributed by atoms with van der Waals surface area (Å²) in [5, 5.41) is 3.85. The largest absolute Gasteiger partial charge is 0.383 e. The van der Waals surface area contributed by atoms with E-state index in [1.54, 1.807) is 0 Å². The number of nitrogens with one attached hydrogen (secondary N) is 1. The summed E-state index contributed by atoms with van der Waals surface area (Å²) in [6, 6.07) is 0.661. The third-order valence-corrected chi connectivity index (χ3v) is 5.46. The van der Waals surface area contributed by atoms with E-state index in [4.69, 9.17) is 4.74 Å². The molecule has 1 N–H and O–H groups in total. The maximum absolute atomic E-state index is 5.34. The second kappa shape index (κ2) is 7.05. The highest BCUT2D eigenvalue weighted by Crippen LogP contribution is 2.36. The molecule has 1 spiro atoms. The predicted octanol–water partition coefficient (Wildman–Crippen LogP) is 2.66. The van der Waals surface area contributed by atoms with Gasteiger partial charge in [0.2, 0.25) is 0 Å². The lowest BCUT2D eigenvalue weighted by atomic mass is 9.77. The Labute approximate surface area is 119 Å². The van der Waals surface area contributed by atoms with Crippen molar-refractivity contribution in [2.24, 2.45) is 5.92 Å². The Kier molecular flexibility index (Phi) is 5.67. The molecule has 0 radical (unpaired) electrons. The van der Waals surface area contributed by atoms with Crippen molar-refractivity contribution in [2.45, 2.75) is 64.0 Å². The number of methoxy groups -OCH3 is 1. The van der Waals surface area contributed by atoms with Gasteiger partial charge < -0.3 is 10.1 Å². The molecule has 0 aromatic heterocycles. The van der Waals surface area contributed by atoms with Crippen molar-refractivity contribution in [1.29, 1.82) is 0 Å². The number of hydrogen-bond donors (Lipinski definition) is 1. The Hall–Kier alpha value is -0.120. The van der Waals surface area contributed by atoms with Crippen molar-refractivity contribution in [3.8, 4) is 0 Å². The van der Waals surface area contributed by atoms with Crippen LogP contribution in [0.3, 0.4) is 0 Å². The first kappa shape index (κ1) is 15.3. The summed E-state index contributed by atoms with van der Waals surface area (Å²) >= 11 is 0. The number of hydrogen-bond acceptors (Lipinski definition) is 3. The minimum Gasteiger partial charge on any atom is -0.383 e. The molecule has 1 aliphatic heterocycles. The molecule has 0 amide bonds. The van der Waals surface area contributed by atoms with E-state index in [1.807, 2.05) is 7.11 Å². The predicted molar refractivity (Wildman–Crippen MR) is 80.5 cm³/mol. The Morgan fingerprint density at radius 1 is 1.32 bits per heavy atom. The molecule has 2 aliphatic rings. The van der Waals surface area contributed by atoms with Gasteiger partial charge in [-0.15, -0.1) is 0 Å². The summed E-state index contributed by atoms with van der Waals surface area (Å²) in [6.07, 6.45) is 8.24. The highest BCUT2D eigenvalue weighted by atomic mass is 16.5. The summed E-state index contributed by atoms with van der Waals surface area (Å²) in [6.45, 7) is 9.05. The summed E-state index contributed by atoms with van der Waals surface area (Å²) in [7, 11) is 1.82. The van der Waals surface area contributed by atoms with Gasteiger partial charge in [0.05, 0.1) is 6.61 Å². The summed E-state index contributed by atoms with van der Waals surface area (Å²) in [5.74, 6) is 0.769. The van der Waals surface area contributed by atoms with E-state index < -0.39 is 0 Å². The molecule has 1 aliphatic carbocycles. The molecular formula is C16H32N2O. The lowest BCUT2D eigenvalue weighted by molar-refractivity contribution is -0.0135. The van der Waals surface area contributed by atoms with E-state index in [0.717, 1.165) is 19.1 Å². The molecule has 19 heavy (non-hydrogen) atoms. The molecule has 2 atom stereocenters. The van der Waals surface area contributed by atoms with Crippen LogP contribution in [-0.4, -0.2) is 49.8 Å². The normalized spacial score (nSPS) is 29.5. The summed E-state index contributed by atoms with van der Waals surface area (Å²) < 4.78 is 5.34. The minimum absolute atomic E-state index is 0.431. The molecule has 1 saturated carbocycles. The van der Waals surface area contributed by atoms with Crippen LogP contribution in [0.2, 0.25) is 0 Å². The van der Waals surface area contributed by atoms with Crippen molar-refractivity contribution in [1.82, 2.24) is 10.2 Å². The smallest absolute Gasteiger partial charge is 0.0589 e. The monoisotopic (exact) mass is 268 g/mol. The maximum atomic E-state index is 5.34. The van der Waals surface area contributed by atoms with E-state index in [-0.39, 0.29) is 0 Å². The SMILES string of the molecule is CCC(C)C1CN(CCOC)C2(CCCCC2)CN1. The number of rotatable bonds is 5. The van der Waals surface area contributed by atoms with E-state index in [9.17, 15) is 0 Å². The van der Waals surface area contributed by atoms with Crippen LogP contribution in [0.25, 0.3) is 0 Å². The van der Waals surface area contributed by atoms with Crippen molar-refractivity contribution < 1.29 is 4.74 Å². The van der Waals surface area contributed by atoms with Crippen molar-refractivity contribution in [2.75, 3.05) is 33.4 Å². The zero-order valence-electron chi connectivity index (χ0n) is 13.1. The first-order chi connectivity index (χ1) is 9.22. The third-order valence-electron chi connectivity index (χ3n) is 5.46. The molecule has 0 aromatic rings. The zero-order valence-corrected chi connectivity index (χ0v) is 13.1. The molecule has 0 bridgehead atoms. The molecule has 1 saturated heterocycles. The molecule has 2 unspecified atom stereocenters. The molecule has 3 nitrogen and oxygen atoms in total. The molecule has 2 rings (SSSR count). The fourth-order valence-electron chi connectivity index (χ4n) is 3.83. The van der Waals surface area contributed by atoms with Crippen LogP contribution < -0.4 is 5.32 Å². The first-order valence-electron chi connectivity index (χ1n) is 8.19. The molecule has 112 valence electrons. The fourth-order valence-corrected chi connectivity index (χ4v) is 3.83. The van der Waals surface area contributed by atoms with Crippen molar-refractivity contribution in [3.05, 3.63) is 0 Å². The van der Waals surface area contributed by atoms with Crippen molar-refractivity contribution >= 4 is 0 Å². The quantitative estimate of drug-likeness (QED) is 0.829. The van der Waals surface area contributed by atoms with Gasteiger partial charge in [-0.1, -0.05) is 39.5 Å². The minimum atomic E-state index is 0.431. The third kappa shape index (κ3) is 3.50. The fraction of sp³-hybridized carbons (Fsp3) is 1.00. The number of ether oxygens (including phenoxy) is 1. The van der Waals surface area contributed by atoms with Crippen LogP contribution in [0.5, 0.6) is 0 Å². The Balaban J connectivity index is 2.02. The Morgan fingerprint density at radius 2 is 2.05 bits per heavy atom. The number of piperazine rings is 1. The van der Waals surface area contributed by atoms with E-state index in [1.165, 1.54) is 51.6 Å². The zero-order chi connectivity index (χ0) is 13.7. The van der Waals surface area contributed by atoms with Crippen LogP contribution in [0.4, 0.5) is 0 Å². The summed E-state index contributed by atoms with van der Waals surface area (Å²) in [4.78, 5) is 2.75.